The number of carbonyl (C=O) groups is 5. The summed E-state index contributed by atoms with van der Waals surface area (Å²) < 4.78 is 14.4. The number of hydrogen-bond donors (Lipinski definition) is 1. The number of hydrogen-bond acceptors (Lipinski definition) is 10. The van der Waals surface area contributed by atoms with Gasteiger partial charge in [-0.2, -0.15) is 0 Å². The summed E-state index contributed by atoms with van der Waals surface area (Å²) in [6.07, 6.45) is 0.0539. The molecular weight excluding hydrogens is 380 g/mol. The van der Waals surface area contributed by atoms with Gasteiger partial charge in [0.1, 0.15) is 22.0 Å². The van der Waals surface area contributed by atoms with Crippen LogP contribution >= 0.6 is 11.3 Å². The second-order valence-corrected chi connectivity index (χ2v) is 6.53. The van der Waals surface area contributed by atoms with Gasteiger partial charge in [0.15, 0.2) is 0 Å². The summed E-state index contributed by atoms with van der Waals surface area (Å²) in [5.41, 5.74) is 5.79. The minimum atomic E-state index is -0.779. The van der Waals surface area contributed by atoms with E-state index in [2.05, 4.69) is 9.47 Å². The molecule has 1 aromatic rings. The number of methoxy groups -OCH3 is 2. The monoisotopic (exact) mass is 398 g/mol. The zero-order chi connectivity index (χ0) is 20.1. The van der Waals surface area contributed by atoms with E-state index in [0.29, 0.717) is 0 Å². The van der Waals surface area contributed by atoms with Gasteiger partial charge >= 0.3 is 17.9 Å². The van der Waals surface area contributed by atoms with E-state index in [9.17, 15) is 24.0 Å². The third-order valence-electron chi connectivity index (χ3n) is 3.87. The summed E-state index contributed by atoms with van der Waals surface area (Å²) in [5, 5.41) is 0.0292. The lowest BCUT2D eigenvalue weighted by atomic mass is 10.1. The van der Waals surface area contributed by atoms with Crippen molar-refractivity contribution in [2.24, 2.45) is 0 Å². The van der Waals surface area contributed by atoms with E-state index in [1.807, 2.05) is 0 Å². The highest BCUT2D eigenvalue weighted by molar-refractivity contribution is 7.18. The van der Waals surface area contributed by atoms with E-state index in [1.54, 1.807) is 0 Å². The molecule has 0 unspecified atom stereocenters. The van der Waals surface area contributed by atoms with Crippen LogP contribution < -0.4 is 5.73 Å². The number of likely N-dealkylation sites (tertiary alicyclic amines) is 1. The molecule has 2 amide bonds. The van der Waals surface area contributed by atoms with Crippen LogP contribution in [0.4, 0.5) is 5.00 Å². The first-order chi connectivity index (χ1) is 12.8. The van der Waals surface area contributed by atoms with Gasteiger partial charge in [-0.05, 0) is 0 Å². The van der Waals surface area contributed by atoms with Crippen LogP contribution in [0, 0.1) is 0 Å². The fourth-order valence-electron chi connectivity index (χ4n) is 2.51. The number of nitrogen functional groups attached to an aromatic ring is 1. The molecule has 2 heterocycles. The van der Waals surface area contributed by atoms with Crippen LogP contribution in [-0.4, -0.2) is 55.4 Å². The van der Waals surface area contributed by atoms with Gasteiger partial charge in [0.25, 0.3) is 0 Å². The van der Waals surface area contributed by atoms with Gasteiger partial charge in [-0.25, -0.2) is 9.59 Å². The van der Waals surface area contributed by atoms with Crippen LogP contribution in [0.5, 0.6) is 0 Å². The number of imide groups is 1. The molecule has 1 aromatic heterocycles. The van der Waals surface area contributed by atoms with Crippen molar-refractivity contribution in [1.29, 1.82) is 0 Å². The third-order valence-corrected chi connectivity index (χ3v) is 4.91. The molecule has 0 aromatic carbocycles. The van der Waals surface area contributed by atoms with E-state index < -0.39 is 24.5 Å². The Morgan fingerprint density at radius 2 is 1.67 bits per heavy atom. The molecule has 11 heteroatoms. The lowest BCUT2D eigenvalue weighted by molar-refractivity contribution is -0.146. The molecular formula is C16H18N2O8S. The van der Waals surface area contributed by atoms with Gasteiger partial charge in [-0.3, -0.25) is 19.3 Å². The van der Waals surface area contributed by atoms with Crippen molar-refractivity contribution < 1.29 is 38.2 Å². The van der Waals surface area contributed by atoms with E-state index in [1.165, 1.54) is 0 Å². The molecule has 2 N–H and O–H groups in total. The van der Waals surface area contributed by atoms with Crippen molar-refractivity contribution in [1.82, 2.24) is 4.90 Å². The van der Waals surface area contributed by atoms with Crippen molar-refractivity contribution in [2.75, 3.05) is 26.5 Å². The molecule has 146 valence electrons. The number of nitrogens with zero attached hydrogens (tertiary/aromatic N) is 1. The Kier molecular flexibility index (Phi) is 6.50. The number of ether oxygens (including phenoxy) is 3. The van der Waals surface area contributed by atoms with Crippen LogP contribution in [0.1, 0.15) is 44.9 Å². The zero-order valence-corrected chi connectivity index (χ0v) is 15.6. The lowest BCUT2D eigenvalue weighted by Gasteiger charge is -2.13. The number of thiophene rings is 1. The number of rotatable bonds is 7. The highest BCUT2D eigenvalue weighted by atomic mass is 32.1. The molecule has 0 aliphatic carbocycles. The highest BCUT2D eigenvalue weighted by Crippen LogP contribution is 2.33. The largest absolute Gasteiger partial charge is 0.465 e. The number of amides is 2. The number of carbonyl (C=O) groups excluding carboxylic acids is 5. The van der Waals surface area contributed by atoms with E-state index in [-0.39, 0.29) is 58.6 Å². The molecule has 10 nitrogen and oxygen atoms in total. The molecule has 1 aliphatic heterocycles. The lowest BCUT2D eigenvalue weighted by Crippen LogP contribution is -2.31. The Morgan fingerprint density at radius 1 is 1.07 bits per heavy atom. The smallest absolute Gasteiger partial charge is 0.348 e. The van der Waals surface area contributed by atoms with Crippen LogP contribution in [0.3, 0.4) is 0 Å². The zero-order valence-electron chi connectivity index (χ0n) is 14.7. The van der Waals surface area contributed by atoms with Gasteiger partial charge in [0.2, 0.25) is 11.8 Å². The molecule has 2 rings (SSSR count). The summed E-state index contributed by atoms with van der Waals surface area (Å²) in [7, 11) is 2.31. The van der Waals surface area contributed by atoms with Crippen LogP contribution in [0.2, 0.25) is 0 Å². The van der Waals surface area contributed by atoms with Crippen LogP contribution in [0.25, 0.3) is 0 Å². The first-order valence-electron chi connectivity index (χ1n) is 7.86. The highest BCUT2D eigenvalue weighted by Gasteiger charge is 2.30. The first-order valence-corrected chi connectivity index (χ1v) is 8.68. The fraction of sp³-hybridized carbons (Fsp3) is 0.438. The Morgan fingerprint density at radius 3 is 2.22 bits per heavy atom. The average Bonchev–Trinajstić information content (AvgIpc) is 3.15. The minimum Gasteiger partial charge on any atom is -0.465 e. The van der Waals surface area contributed by atoms with Gasteiger partial charge in [-0.1, -0.05) is 0 Å². The molecule has 0 spiro atoms. The molecule has 1 saturated heterocycles. The molecule has 0 bridgehead atoms. The summed E-state index contributed by atoms with van der Waals surface area (Å²) in [6, 6.07) is 0. The summed E-state index contributed by atoms with van der Waals surface area (Å²) in [4.78, 5) is 59.8. The van der Waals surface area contributed by atoms with Gasteiger partial charge < -0.3 is 19.9 Å². The van der Waals surface area contributed by atoms with Crippen molar-refractivity contribution in [2.45, 2.75) is 25.9 Å². The Balaban J connectivity index is 2.08. The first kappa shape index (κ1) is 20.4. The summed E-state index contributed by atoms with van der Waals surface area (Å²) in [6.45, 7) is -0.501. The second-order valence-electron chi connectivity index (χ2n) is 5.48. The van der Waals surface area contributed by atoms with Crippen molar-refractivity contribution in [3.63, 3.8) is 0 Å². The van der Waals surface area contributed by atoms with Crippen molar-refractivity contribution in [3.05, 3.63) is 16.0 Å². The molecule has 0 radical (unpaired) electrons. The summed E-state index contributed by atoms with van der Waals surface area (Å²) >= 11 is 0.817. The maximum atomic E-state index is 12.0. The molecule has 0 saturated carbocycles. The van der Waals surface area contributed by atoms with Crippen LogP contribution in [-0.2, 0) is 35.2 Å². The topological polar surface area (TPSA) is 142 Å². The Hall–Kier alpha value is -2.95. The van der Waals surface area contributed by atoms with E-state index >= 15 is 0 Å². The maximum absolute atomic E-state index is 12.0. The quantitative estimate of drug-likeness (QED) is 0.394. The Bertz CT molecular complexity index is 785. The number of esters is 3. The fourth-order valence-corrected chi connectivity index (χ4v) is 3.49. The predicted molar refractivity (Wildman–Crippen MR) is 91.8 cm³/mol. The Labute approximate surface area is 158 Å². The van der Waals surface area contributed by atoms with E-state index in [0.717, 1.165) is 30.5 Å². The summed E-state index contributed by atoms with van der Waals surface area (Å²) in [5.74, 6) is -2.89. The molecule has 0 atom stereocenters. The van der Waals surface area contributed by atoms with Gasteiger partial charge in [0, 0.05) is 24.9 Å². The van der Waals surface area contributed by atoms with Crippen molar-refractivity contribution in [3.8, 4) is 0 Å². The standard InChI is InChI=1S/C16H18N2O8S/c1-24-15(22)12-8(13(16(23)25-2)27-14(12)17)7-26-11(21)5-6-18-9(19)3-4-10(18)20/h3-7,17H2,1-2H3. The molecule has 27 heavy (non-hydrogen) atoms. The van der Waals surface area contributed by atoms with E-state index in [4.69, 9.17) is 10.5 Å². The molecule has 1 aliphatic rings. The number of nitrogens with two attached hydrogens (primary N) is 1. The van der Waals surface area contributed by atoms with Gasteiger partial charge in [0.05, 0.1) is 20.6 Å². The number of anilines is 1. The minimum absolute atomic E-state index is 0.0214. The molecule has 1 fully saturated rings. The predicted octanol–water partition coefficient (Wildman–Crippen LogP) is 0.486. The van der Waals surface area contributed by atoms with Crippen LogP contribution in [0.15, 0.2) is 0 Å². The third kappa shape index (κ3) is 4.42. The SMILES string of the molecule is COC(=O)c1sc(N)c(C(=O)OC)c1COC(=O)CCN1C(=O)CCC1=O. The second kappa shape index (κ2) is 8.62. The van der Waals surface area contributed by atoms with Crippen molar-refractivity contribution >= 4 is 46.1 Å². The maximum Gasteiger partial charge on any atom is 0.348 e. The van der Waals surface area contributed by atoms with Gasteiger partial charge in [-0.15, -0.1) is 11.3 Å². The normalized spacial score (nSPS) is 13.6. The average molecular weight is 398 g/mol.